The highest BCUT2D eigenvalue weighted by molar-refractivity contribution is 5.77. The molecule has 1 saturated heterocycles. The van der Waals surface area contributed by atoms with E-state index in [-0.39, 0.29) is 5.91 Å². The van der Waals surface area contributed by atoms with Gasteiger partial charge in [0.2, 0.25) is 5.91 Å². The average molecular weight is 367 g/mol. The Morgan fingerprint density at radius 3 is 2.54 bits per heavy atom. The molecule has 0 aromatic rings. The number of amides is 1. The summed E-state index contributed by atoms with van der Waals surface area (Å²) in [5.74, 6) is 0.172. The molecule has 26 heavy (non-hydrogen) atoms. The van der Waals surface area contributed by atoms with Crippen molar-refractivity contribution in [2.24, 2.45) is 5.41 Å². The maximum Gasteiger partial charge on any atom is 0.234 e. The van der Waals surface area contributed by atoms with Crippen LogP contribution in [0, 0.1) is 5.41 Å². The van der Waals surface area contributed by atoms with Crippen LogP contribution in [0.3, 0.4) is 0 Å². The van der Waals surface area contributed by atoms with Crippen LogP contribution < -0.4 is 5.32 Å². The van der Waals surface area contributed by atoms with E-state index in [0.29, 0.717) is 24.2 Å². The van der Waals surface area contributed by atoms with Crippen molar-refractivity contribution < 1.29 is 9.53 Å². The maximum absolute atomic E-state index is 11.8. The predicted molar refractivity (Wildman–Crippen MR) is 108 cm³/mol. The minimum absolute atomic E-state index is 0.172. The van der Waals surface area contributed by atoms with Crippen molar-refractivity contribution in [2.45, 2.75) is 104 Å². The molecule has 1 N–H and O–H groups in total. The third-order valence-electron chi connectivity index (χ3n) is 6.44. The summed E-state index contributed by atoms with van der Waals surface area (Å²) in [7, 11) is 0. The van der Waals surface area contributed by atoms with E-state index in [1.807, 2.05) is 6.92 Å². The van der Waals surface area contributed by atoms with Gasteiger partial charge in [-0.25, -0.2) is 0 Å². The lowest BCUT2D eigenvalue weighted by Gasteiger charge is -2.39. The zero-order valence-corrected chi connectivity index (χ0v) is 17.5. The fourth-order valence-corrected chi connectivity index (χ4v) is 4.86. The number of hydrogen-bond acceptors (Lipinski definition) is 3. The van der Waals surface area contributed by atoms with E-state index in [0.717, 1.165) is 19.6 Å². The normalized spacial score (nSPS) is 24.0. The predicted octanol–water partition coefficient (Wildman–Crippen LogP) is 4.52. The average Bonchev–Trinajstić information content (AvgIpc) is 3.00. The lowest BCUT2D eigenvalue weighted by molar-refractivity contribution is -0.122. The molecule has 1 heterocycles. The van der Waals surface area contributed by atoms with Gasteiger partial charge in [0.15, 0.2) is 0 Å². The molecule has 2 fully saturated rings. The summed E-state index contributed by atoms with van der Waals surface area (Å²) in [6, 6.07) is 0. The number of rotatable bonds is 11. The Kier molecular flexibility index (Phi) is 9.41. The van der Waals surface area contributed by atoms with Gasteiger partial charge < -0.3 is 10.1 Å². The first-order chi connectivity index (χ1) is 12.6. The number of ether oxygens (including phenoxy) is 1. The molecule has 1 saturated carbocycles. The summed E-state index contributed by atoms with van der Waals surface area (Å²) in [6.07, 6.45) is 14.9. The molecule has 1 amide bonds. The molecule has 0 radical (unpaired) electrons. The molecular formula is C22H42N2O2. The van der Waals surface area contributed by atoms with Crippen LogP contribution in [-0.4, -0.2) is 49.2 Å². The summed E-state index contributed by atoms with van der Waals surface area (Å²) in [6.45, 7) is 9.96. The van der Waals surface area contributed by atoms with Gasteiger partial charge in [-0.15, -0.1) is 0 Å². The Balaban J connectivity index is 1.74. The monoisotopic (exact) mass is 366 g/mol. The third kappa shape index (κ3) is 6.84. The Bertz CT molecular complexity index is 405. The van der Waals surface area contributed by atoms with Gasteiger partial charge in [0.1, 0.15) is 0 Å². The van der Waals surface area contributed by atoms with Crippen LogP contribution in [0.5, 0.6) is 0 Å². The first-order valence-corrected chi connectivity index (χ1v) is 11.2. The number of piperidine rings is 1. The summed E-state index contributed by atoms with van der Waals surface area (Å²) in [4.78, 5) is 14.1. The van der Waals surface area contributed by atoms with Gasteiger partial charge in [-0.05, 0) is 70.4 Å². The fourth-order valence-electron chi connectivity index (χ4n) is 4.86. The number of unbranched alkanes of at least 4 members (excludes halogenated alkanes) is 2. The van der Waals surface area contributed by atoms with Gasteiger partial charge in [-0.1, -0.05) is 39.5 Å². The van der Waals surface area contributed by atoms with E-state index in [9.17, 15) is 4.79 Å². The second-order valence-corrected chi connectivity index (χ2v) is 8.64. The molecule has 0 bridgehead atoms. The van der Waals surface area contributed by atoms with E-state index in [4.69, 9.17) is 4.74 Å². The molecule has 1 aliphatic heterocycles. The van der Waals surface area contributed by atoms with Crippen molar-refractivity contribution in [1.29, 1.82) is 0 Å². The van der Waals surface area contributed by atoms with E-state index < -0.39 is 0 Å². The molecule has 0 aromatic carbocycles. The standard InChI is InChI=1S/C22H42N2O2/c1-4-7-8-10-19(9-5-2)26-20-11-12-22(17-20)13-15-24(16-14-22)18-21(25)23-6-3/h19-20H,4-18H2,1-3H3,(H,23,25)/t19?,20-/m0/s1. The van der Waals surface area contributed by atoms with Gasteiger partial charge in [-0.2, -0.15) is 0 Å². The van der Waals surface area contributed by atoms with Crippen molar-refractivity contribution >= 4 is 5.91 Å². The number of likely N-dealkylation sites (tertiary alicyclic amines) is 1. The summed E-state index contributed by atoms with van der Waals surface area (Å²) in [5.41, 5.74) is 0.489. The Morgan fingerprint density at radius 1 is 1.12 bits per heavy atom. The highest BCUT2D eigenvalue weighted by atomic mass is 16.5. The third-order valence-corrected chi connectivity index (χ3v) is 6.44. The molecule has 2 atom stereocenters. The van der Waals surface area contributed by atoms with E-state index in [2.05, 4.69) is 24.1 Å². The van der Waals surface area contributed by atoms with Gasteiger partial charge in [-0.3, -0.25) is 9.69 Å². The molecule has 2 aliphatic rings. The molecular weight excluding hydrogens is 324 g/mol. The fraction of sp³-hybridized carbons (Fsp3) is 0.955. The summed E-state index contributed by atoms with van der Waals surface area (Å²) >= 11 is 0. The first-order valence-electron chi connectivity index (χ1n) is 11.2. The number of likely N-dealkylation sites (N-methyl/N-ethyl adjacent to an activating group) is 1. The SMILES string of the molecule is CCCCCC(CCC)O[C@H]1CCC2(CCN(CC(=O)NCC)CC2)C1. The van der Waals surface area contributed by atoms with Crippen LogP contribution in [0.25, 0.3) is 0 Å². The number of carbonyl (C=O) groups is 1. The minimum Gasteiger partial charge on any atom is -0.375 e. The van der Waals surface area contributed by atoms with Crippen LogP contribution in [-0.2, 0) is 9.53 Å². The van der Waals surface area contributed by atoms with Crippen molar-refractivity contribution in [2.75, 3.05) is 26.2 Å². The van der Waals surface area contributed by atoms with E-state index >= 15 is 0 Å². The second kappa shape index (κ2) is 11.3. The van der Waals surface area contributed by atoms with Crippen LogP contribution in [0.2, 0.25) is 0 Å². The minimum atomic E-state index is 0.172. The Hall–Kier alpha value is -0.610. The van der Waals surface area contributed by atoms with Crippen molar-refractivity contribution in [3.05, 3.63) is 0 Å². The molecule has 152 valence electrons. The van der Waals surface area contributed by atoms with Gasteiger partial charge >= 0.3 is 0 Å². The Morgan fingerprint density at radius 2 is 1.88 bits per heavy atom. The number of carbonyl (C=O) groups excluding carboxylic acids is 1. The van der Waals surface area contributed by atoms with Gasteiger partial charge in [0, 0.05) is 6.54 Å². The lowest BCUT2D eigenvalue weighted by atomic mass is 9.77. The van der Waals surface area contributed by atoms with Crippen LogP contribution in [0.1, 0.15) is 91.4 Å². The van der Waals surface area contributed by atoms with Gasteiger partial charge in [0.05, 0.1) is 18.8 Å². The molecule has 2 rings (SSSR count). The van der Waals surface area contributed by atoms with Crippen molar-refractivity contribution in [3.8, 4) is 0 Å². The molecule has 1 spiro atoms. The summed E-state index contributed by atoms with van der Waals surface area (Å²) < 4.78 is 6.57. The second-order valence-electron chi connectivity index (χ2n) is 8.64. The number of hydrogen-bond donors (Lipinski definition) is 1. The lowest BCUT2D eigenvalue weighted by Crippen LogP contribution is -2.44. The zero-order chi connectivity index (χ0) is 18.8. The zero-order valence-electron chi connectivity index (χ0n) is 17.5. The van der Waals surface area contributed by atoms with E-state index in [1.165, 1.54) is 70.6 Å². The highest BCUT2D eigenvalue weighted by Crippen LogP contribution is 2.47. The highest BCUT2D eigenvalue weighted by Gasteiger charge is 2.42. The van der Waals surface area contributed by atoms with Crippen molar-refractivity contribution in [3.63, 3.8) is 0 Å². The number of nitrogens with one attached hydrogen (secondary N) is 1. The smallest absolute Gasteiger partial charge is 0.234 e. The quantitative estimate of drug-likeness (QED) is 0.547. The molecule has 1 unspecified atom stereocenters. The van der Waals surface area contributed by atoms with Crippen LogP contribution in [0.15, 0.2) is 0 Å². The Labute approximate surface area is 161 Å². The molecule has 0 aromatic heterocycles. The molecule has 4 heteroatoms. The number of nitrogens with zero attached hydrogens (tertiary/aromatic N) is 1. The summed E-state index contributed by atoms with van der Waals surface area (Å²) in [5, 5.41) is 2.91. The first kappa shape index (κ1) is 21.7. The molecule has 4 nitrogen and oxygen atoms in total. The van der Waals surface area contributed by atoms with Crippen LogP contribution >= 0.6 is 0 Å². The maximum atomic E-state index is 11.8. The largest absolute Gasteiger partial charge is 0.375 e. The van der Waals surface area contributed by atoms with Crippen molar-refractivity contribution in [1.82, 2.24) is 10.2 Å². The van der Waals surface area contributed by atoms with Crippen LogP contribution in [0.4, 0.5) is 0 Å². The topological polar surface area (TPSA) is 41.6 Å². The molecule has 1 aliphatic carbocycles. The van der Waals surface area contributed by atoms with Gasteiger partial charge in [0.25, 0.3) is 0 Å². The van der Waals surface area contributed by atoms with E-state index in [1.54, 1.807) is 0 Å².